The van der Waals surface area contributed by atoms with E-state index < -0.39 is 0 Å². The Kier molecular flexibility index (Phi) is 15.4. The van der Waals surface area contributed by atoms with E-state index in [2.05, 4.69) is 0 Å². The van der Waals surface area contributed by atoms with Crippen molar-refractivity contribution in [2.45, 2.75) is 82.4 Å². The van der Waals surface area contributed by atoms with Gasteiger partial charge in [-0.25, -0.2) is 0 Å². The van der Waals surface area contributed by atoms with Gasteiger partial charge in [0.1, 0.15) is 0 Å². The number of unbranched alkanes of at least 4 members (excludes halogenated alkanes) is 8. The zero-order chi connectivity index (χ0) is 13.5. The van der Waals surface area contributed by atoms with Crippen molar-refractivity contribution in [2.24, 2.45) is 0 Å². The minimum absolute atomic E-state index is 0.328. The summed E-state index contributed by atoms with van der Waals surface area (Å²) < 4.78 is 0. The first kappa shape index (κ1) is 18.2. The zero-order valence-electron chi connectivity index (χ0n) is 11.7. The molecule has 0 saturated heterocycles. The molecule has 0 rings (SSSR count). The van der Waals surface area contributed by atoms with Crippen molar-refractivity contribution in [3.8, 4) is 0 Å². The monoisotopic (exact) mass is 278 g/mol. The van der Waals surface area contributed by atoms with E-state index in [-0.39, 0.29) is 0 Å². The largest absolute Gasteiger partial charge is 0.396 e. The minimum Gasteiger partial charge on any atom is -0.396 e. The Balaban J connectivity index is 3.10. The molecule has 0 spiro atoms. The van der Waals surface area contributed by atoms with Crippen LogP contribution in [0.3, 0.4) is 0 Å². The number of hydrogen-bond acceptors (Lipinski definition) is 2. The maximum Gasteiger partial charge on any atom is 0.0431 e. The Hall–Kier alpha value is 0.210. The molecular weight excluding hydrogens is 248 g/mol. The summed E-state index contributed by atoms with van der Waals surface area (Å²) in [4.78, 5) is 0. The third kappa shape index (κ3) is 14.3. The lowest BCUT2D eigenvalue weighted by atomic mass is 10.0. The summed E-state index contributed by atoms with van der Waals surface area (Å²) in [7, 11) is 0. The number of halogens is 1. The summed E-state index contributed by atoms with van der Waals surface area (Å²) in [6, 6.07) is 0. The molecule has 0 heterocycles. The predicted molar refractivity (Wildman–Crippen MR) is 79.2 cm³/mol. The summed E-state index contributed by atoms with van der Waals surface area (Å²) in [5.74, 6) is 0. The fraction of sp³-hybridized carbons (Fsp3) is 1.00. The van der Waals surface area contributed by atoms with Crippen molar-refractivity contribution in [3.05, 3.63) is 0 Å². The van der Waals surface area contributed by atoms with Gasteiger partial charge < -0.3 is 10.2 Å². The third-order valence-corrected chi connectivity index (χ3v) is 3.79. The number of alkyl halides is 1. The van der Waals surface area contributed by atoms with E-state index in [1.165, 1.54) is 38.5 Å². The van der Waals surface area contributed by atoms with Crippen molar-refractivity contribution >= 4 is 11.6 Å². The molecule has 18 heavy (non-hydrogen) atoms. The van der Waals surface area contributed by atoms with Crippen LogP contribution in [-0.2, 0) is 0 Å². The minimum atomic E-state index is 0.328. The van der Waals surface area contributed by atoms with Gasteiger partial charge in [-0.15, -0.1) is 11.6 Å². The van der Waals surface area contributed by atoms with Gasteiger partial charge in [-0.2, -0.15) is 0 Å². The first-order chi connectivity index (χ1) is 8.81. The lowest BCUT2D eigenvalue weighted by Gasteiger charge is -2.09. The first-order valence-electron chi connectivity index (χ1n) is 7.67. The average Bonchev–Trinajstić information content (AvgIpc) is 2.38. The Bertz CT molecular complexity index is 137. The van der Waals surface area contributed by atoms with Crippen LogP contribution in [0.2, 0.25) is 0 Å². The predicted octanol–water partition coefficient (Wildman–Crippen LogP) is 4.26. The van der Waals surface area contributed by atoms with Crippen LogP contribution in [-0.4, -0.2) is 28.8 Å². The SMILES string of the molecule is OCCCCCCCC(Cl)CCCCCCCO. The van der Waals surface area contributed by atoms with Crippen LogP contribution in [0.25, 0.3) is 0 Å². The summed E-state index contributed by atoms with van der Waals surface area (Å²) in [5.41, 5.74) is 0. The molecule has 2 nitrogen and oxygen atoms in total. The molecule has 0 unspecified atom stereocenters. The number of rotatable bonds is 14. The highest BCUT2D eigenvalue weighted by Gasteiger charge is 2.03. The van der Waals surface area contributed by atoms with Gasteiger partial charge in [0.05, 0.1) is 0 Å². The maximum absolute atomic E-state index is 8.65. The normalized spacial score (nSPS) is 11.3. The fourth-order valence-corrected chi connectivity index (χ4v) is 2.47. The lowest BCUT2D eigenvalue weighted by molar-refractivity contribution is 0.282. The number of aliphatic hydroxyl groups excluding tert-OH is 2. The van der Waals surface area contributed by atoms with E-state index in [4.69, 9.17) is 21.8 Å². The Labute approximate surface area is 118 Å². The molecule has 0 radical (unpaired) electrons. The molecule has 0 aromatic heterocycles. The molecule has 110 valence electrons. The van der Waals surface area contributed by atoms with Crippen LogP contribution in [0.1, 0.15) is 77.0 Å². The van der Waals surface area contributed by atoms with Crippen molar-refractivity contribution < 1.29 is 10.2 Å². The van der Waals surface area contributed by atoms with Crippen LogP contribution >= 0.6 is 11.6 Å². The van der Waals surface area contributed by atoms with Crippen LogP contribution in [0.5, 0.6) is 0 Å². The molecule has 3 heteroatoms. The summed E-state index contributed by atoms with van der Waals surface area (Å²) >= 11 is 6.28. The lowest BCUT2D eigenvalue weighted by Crippen LogP contribution is -1.98. The highest BCUT2D eigenvalue weighted by Crippen LogP contribution is 2.17. The Morgan fingerprint density at radius 3 is 1.28 bits per heavy atom. The molecular formula is C15H31ClO2. The average molecular weight is 279 g/mol. The zero-order valence-corrected chi connectivity index (χ0v) is 12.5. The Morgan fingerprint density at radius 2 is 0.889 bits per heavy atom. The van der Waals surface area contributed by atoms with E-state index >= 15 is 0 Å². The summed E-state index contributed by atoms with van der Waals surface area (Å²) in [6.07, 6.45) is 13.9. The van der Waals surface area contributed by atoms with Crippen LogP contribution in [0, 0.1) is 0 Å². The smallest absolute Gasteiger partial charge is 0.0431 e. The first-order valence-corrected chi connectivity index (χ1v) is 8.10. The second-order valence-electron chi connectivity index (χ2n) is 5.16. The van der Waals surface area contributed by atoms with Crippen molar-refractivity contribution in [2.75, 3.05) is 13.2 Å². The van der Waals surface area contributed by atoms with E-state index in [0.717, 1.165) is 38.5 Å². The van der Waals surface area contributed by atoms with Gasteiger partial charge in [0.2, 0.25) is 0 Å². The molecule has 2 N–H and O–H groups in total. The van der Waals surface area contributed by atoms with E-state index in [1.54, 1.807) is 0 Å². The second kappa shape index (κ2) is 15.3. The molecule has 0 fully saturated rings. The maximum atomic E-state index is 8.65. The topological polar surface area (TPSA) is 40.5 Å². The van der Waals surface area contributed by atoms with Gasteiger partial charge in [-0.05, 0) is 25.7 Å². The van der Waals surface area contributed by atoms with Crippen molar-refractivity contribution in [3.63, 3.8) is 0 Å². The molecule has 0 saturated carbocycles. The van der Waals surface area contributed by atoms with Crippen LogP contribution < -0.4 is 0 Å². The molecule has 0 aliphatic rings. The van der Waals surface area contributed by atoms with Crippen molar-refractivity contribution in [1.29, 1.82) is 0 Å². The van der Waals surface area contributed by atoms with Crippen LogP contribution in [0.4, 0.5) is 0 Å². The molecule has 0 aliphatic heterocycles. The van der Waals surface area contributed by atoms with Gasteiger partial charge in [0.25, 0.3) is 0 Å². The summed E-state index contributed by atoms with van der Waals surface area (Å²) in [5, 5.41) is 17.6. The third-order valence-electron chi connectivity index (χ3n) is 3.35. The second-order valence-corrected chi connectivity index (χ2v) is 5.77. The Morgan fingerprint density at radius 1 is 0.556 bits per heavy atom. The fourth-order valence-electron chi connectivity index (χ4n) is 2.16. The number of hydrogen-bond donors (Lipinski definition) is 2. The highest BCUT2D eigenvalue weighted by atomic mass is 35.5. The van der Waals surface area contributed by atoms with E-state index in [9.17, 15) is 0 Å². The standard InChI is InChI=1S/C15H31ClO2/c16-15(11-7-3-1-5-9-13-17)12-8-4-2-6-10-14-18/h15,17-18H,1-14H2. The number of aliphatic hydroxyl groups is 2. The van der Waals surface area contributed by atoms with Gasteiger partial charge in [-0.3, -0.25) is 0 Å². The molecule has 0 aliphatic carbocycles. The van der Waals surface area contributed by atoms with Gasteiger partial charge >= 0.3 is 0 Å². The van der Waals surface area contributed by atoms with E-state index in [1.807, 2.05) is 0 Å². The quantitative estimate of drug-likeness (QED) is 0.368. The van der Waals surface area contributed by atoms with Gasteiger partial charge in [0.15, 0.2) is 0 Å². The highest BCUT2D eigenvalue weighted by molar-refractivity contribution is 6.20. The molecule has 0 atom stereocenters. The van der Waals surface area contributed by atoms with E-state index in [0.29, 0.717) is 18.6 Å². The molecule has 0 bridgehead atoms. The summed E-state index contributed by atoms with van der Waals surface area (Å²) in [6.45, 7) is 0.656. The van der Waals surface area contributed by atoms with Gasteiger partial charge in [0, 0.05) is 18.6 Å². The van der Waals surface area contributed by atoms with Gasteiger partial charge in [-0.1, -0.05) is 51.4 Å². The molecule has 0 aromatic rings. The van der Waals surface area contributed by atoms with Crippen LogP contribution in [0.15, 0.2) is 0 Å². The molecule has 0 amide bonds. The van der Waals surface area contributed by atoms with Crippen molar-refractivity contribution in [1.82, 2.24) is 0 Å². The molecule has 0 aromatic carbocycles.